The van der Waals surface area contributed by atoms with Gasteiger partial charge >= 0.3 is 15.6 Å². The van der Waals surface area contributed by atoms with Gasteiger partial charge in [0.25, 0.3) is 0 Å². The molecule has 0 fully saturated rings. The summed E-state index contributed by atoms with van der Waals surface area (Å²) >= 11 is 0. The summed E-state index contributed by atoms with van der Waals surface area (Å²) in [5, 5.41) is 0. The standard InChI is InChI=1S/C9H9F3O4S.H2S/c1-15-6-7-4-2-3-5-8(7)16-17(13,14)9(10,11)12;/h2-5H,6H2,1H3;1H2. The fraction of sp³-hybridized carbons (Fsp3) is 0.333. The number of ether oxygens (including phenoxy) is 1. The molecule has 0 saturated carbocycles. The summed E-state index contributed by atoms with van der Waals surface area (Å²) in [6.45, 7) is -0.0520. The predicted molar refractivity (Wildman–Crippen MR) is 63.1 cm³/mol. The van der Waals surface area contributed by atoms with Crippen molar-refractivity contribution in [3.63, 3.8) is 0 Å². The normalized spacial score (nSPS) is 11.8. The zero-order chi connectivity index (χ0) is 13.1. The first-order valence-electron chi connectivity index (χ1n) is 4.35. The van der Waals surface area contributed by atoms with E-state index in [9.17, 15) is 21.6 Å². The molecule has 0 aromatic heterocycles. The second-order valence-corrected chi connectivity index (χ2v) is 4.56. The Labute approximate surface area is 109 Å². The van der Waals surface area contributed by atoms with Crippen molar-refractivity contribution in [3.05, 3.63) is 29.8 Å². The van der Waals surface area contributed by atoms with Crippen molar-refractivity contribution < 1.29 is 30.5 Å². The van der Waals surface area contributed by atoms with Gasteiger partial charge < -0.3 is 8.92 Å². The molecule has 0 N–H and O–H groups in total. The summed E-state index contributed by atoms with van der Waals surface area (Å²) in [5.74, 6) is -0.397. The maximum atomic E-state index is 12.1. The van der Waals surface area contributed by atoms with Gasteiger partial charge in [-0.3, -0.25) is 0 Å². The molecule has 0 amide bonds. The summed E-state index contributed by atoms with van der Waals surface area (Å²) < 4.78 is 66.6. The number of halogens is 3. The number of alkyl halides is 3. The Morgan fingerprint density at radius 1 is 1.22 bits per heavy atom. The Morgan fingerprint density at radius 2 is 1.78 bits per heavy atom. The number of hydrogen-bond donors (Lipinski definition) is 0. The van der Waals surface area contributed by atoms with Crippen LogP contribution in [0.1, 0.15) is 5.56 Å². The van der Waals surface area contributed by atoms with Crippen LogP contribution < -0.4 is 4.18 Å². The second kappa shape index (κ2) is 6.30. The lowest BCUT2D eigenvalue weighted by Crippen LogP contribution is -2.28. The Kier molecular flexibility index (Phi) is 5.97. The van der Waals surface area contributed by atoms with E-state index in [0.717, 1.165) is 6.07 Å². The number of hydrogen-bond acceptors (Lipinski definition) is 4. The van der Waals surface area contributed by atoms with Gasteiger partial charge in [-0.1, -0.05) is 18.2 Å². The van der Waals surface area contributed by atoms with Gasteiger partial charge in [0.15, 0.2) is 0 Å². The van der Waals surface area contributed by atoms with Gasteiger partial charge in [-0.2, -0.15) is 35.1 Å². The van der Waals surface area contributed by atoms with Gasteiger partial charge in [0, 0.05) is 12.7 Å². The molecule has 0 unspecified atom stereocenters. The summed E-state index contributed by atoms with van der Waals surface area (Å²) in [5.41, 5.74) is -5.24. The lowest BCUT2D eigenvalue weighted by atomic mass is 10.2. The highest BCUT2D eigenvalue weighted by atomic mass is 32.2. The van der Waals surface area contributed by atoms with Crippen molar-refractivity contribution in [2.45, 2.75) is 12.1 Å². The molecule has 0 radical (unpaired) electrons. The topological polar surface area (TPSA) is 52.6 Å². The Hall–Kier alpha value is -0.930. The van der Waals surface area contributed by atoms with Crippen LogP contribution in [0.25, 0.3) is 0 Å². The first kappa shape index (κ1) is 17.1. The average molecular weight is 304 g/mol. The molecule has 0 aliphatic carbocycles. The van der Waals surface area contributed by atoms with Crippen LogP contribution in [0.4, 0.5) is 13.2 Å². The summed E-state index contributed by atoms with van der Waals surface area (Å²) in [6.07, 6.45) is 0. The molecule has 1 aromatic rings. The molecule has 0 aliphatic heterocycles. The maximum Gasteiger partial charge on any atom is 0.534 e. The number of benzene rings is 1. The largest absolute Gasteiger partial charge is 0.534 e. The van der Waals surface area contributed by atoms with Gasteiger partial charge in [-0.05, 0) is 6.07 Å². The molecule has 0 aliphatic rings. The lowest BCUT2D eigenvalue weighted by molar-refractivity contribution is -0.0500. The molecular weight excluding hydrogens is 293 g/mol. The van der Waals surface area contributed by atoms with E-state index in [1.165, 1.54) is 25.3 Å². The van der Waals surface area contributed by atoms with Crippen molar-refractivity contribution in [1.82, 2.24) is 0 Å². The monoisotopic (exact) mass is 304 g/mol. The van der Waals surface area contributed by atoms with Gasteiger partial charge in [0.05, 0.1) is 6.61 Å². The minimum absolute atomic E-state index is 0. The Balaban J connectivity index is 0.00000289. The number of para-hydroxylation sites is 1. The average Bonchev–Trinajstić information content (AvgIpc) is 2.19. The Bertz CT molecular complexity index is 485. The van der Waals surface area contributed by atoms with Crippen LogP contribution in [-0.4, -0.2) is 21.0 Å². The van der Waals surface area contributed by atoms with Crippen molar-refractivity contribution >= 4 is 23.6 Å². The van der Waals surface area contributed by atoms with Gasteiger partial charge in [0.1, 0.15) is 5.75 Å². The molecule has 0 spiro atoms. The fourth-order valence-corrected chi connectivity index (χ4v) is 1.52. The second-order valence-electron chi connectivity index (χ2n) is 3.02. The van der Waals surface area contributed by atoms with E-state index in [1.54, 1.807) is 0 Å². The fourth-order valence-electron chi connectivity index (χ4n) is 1.03. The van der Waals surface area contributed by atoms with E-state index in [0.29, 0.717) is 0 Å². The van der Waals surface area contributed by atoms with Crippen LogP contribution in [0.5, 0.6) is 5.75 Å². The van der Waals surface area contributed by atoms with Crippen molar-refractivity contribution in [2.24, 2.45) is 0 Å². The first-order chi connectivity index (χ1) is 7.78. The number of rotatable bonds is 4. The summed E-state index contributed by atoms with van der Waals surface area (Å²) in [4.78, 5) is 0. The lowest BCUT2D eigenvalue weighted by Gasteiger charge is -2.12. The van der Waals surface area contributed by atoms with Crippen LogP contribution in [-0.2, 0) is 21.5 Å². The molecule has 18 heavy (non-hydrogen) atoms. The zero-order valence-corrected chi connectivity index (χ0v) is 11.0. The molecule has 9 heteroatoms. The molecular formula is C9H11F3O4S2. The van der Waals surface area contributed by atoms with E-state index in [2.05, 4.69) is 4.18 Å². The van der Waals surface area contributed by atoms with Crippen molar-refractivity contribution in [3.8, 4) is 5.75 Å². The summed E-state index contributed by atoms with van der Waals surface area (Å²) in [7, 11) is -4.32. The molecule has 104 valence electrons. The smallest absolute Gasteiger partial charge is 0.380 e. The van der Waals surface area contributed by atoms with Crippen molar-refractivity contribution in [2.75, 3.05) is 7.11 Å². The Morgan fingerprint density at radius 3 is 2.28 bits per heavy atom. The predicted octanol–water partition coefficient (Wildman–Crippen LogP) is 2.17. The third-order valence-corrected chi connectivity index (χ3v) is 2.72. The number of methoxy groups -OCH3 is 1. The molecule has 4 nitrogen and oxygen atoms in total. The van der Waals surface area contributed by atoms with E-state index in [1.807, 2.05) is 0 Å². The molecule has 1 rings (SSSR count). The van der Waals surface area contributed by atoms with Crippen LogP contribution in [0.2, 0.25) is 0 Å². The van der Waals surface area contributed by atoms with E-state index >= 15 is 0 Å². The SMILES string of the molecule is COCc1ccccc1OS(=O)(=O)C(F)(F)F.S. The molecule has 0 saturated heterocycles. The highest BCUT2D eigenvalue weighted by Crippen LogP contribution is 2.28. The van der Waals surface area contributed by atoms with Gasteiger partial charge in [-0.25, -0.2) is 0 Å². The van der Waals surface area contributed by atoms with Gasteiger partial charge in [0.2, 0.25) is 0 Å². The molecule has 0 heterocycles. The van der Waals surface area contributed by atoms with E-state index < -0.39 is 21.4 Å². The highest BCUT2D eigenvalue weighted by molar-refractivity contribution is 7.88. The van der Waals surface area contributed by atoms with Crippen LogP contribution in [0, 0.1) is 0 Å². The van der Waals surface area contributed by atoms with Gasteiger partial charge in [-0.15, -0.1) is 0 Å². The maximum absolute atomic E-state index is 12.1. The summed E-state index contributed by atoms with van der Waals surface area (Å²) in [6, 6.07) is 5.42. The quantitative estimate of drug-likeness (QED) is 0.632. The zero-order valence-electron chi connectivity index (χ0n) is 9.19. The minimum atomic E-state index is -5.65. The van der Waals surface area contributed by atoms with Crippen LogP contribution in [0.15, 0.2) is 24.3 Å². The van der Waals surface area contributed by atoms with E-state index in [-0.39, 0.29) is 25.7 Å². The van der Waals surface area contributed by atoms with Crippen LogP contribution >= 0.6 is 13.5 Å². The third kappa shape index (κ3) is 4.07. The highest BCUT2D eigenvalue weighted by Gasteiger charge is 2.48. The van der Waals surface area contributed by atoms with Crippen molar-refractivity contribution in [1.29, 1.82) is 0 Å². The van der Waals surface area contributed by atoms with E-state index in [4.69, 9.17) is 4.74 Å². The van der Waals surface area contributed by atoms with Crippen LogP contribution in [0.3, 0.4) is 0 Å². The minimum Gasteiger partial charge on any atom is -0.380 e. The third-order valence-electron chi connectivity index (χ3n) is 1.76. The first-order valence-corrected chi connectivity index (χ1v) is 5.76. The molecule has 0 atom stereocenters. The molecule has 0 bridgehead atoms. The molecule has 1 aromatic carbocycles.